The van der Waals surface area contributed by atoms with Gasteiger partial charge >= 0.3 is 6.18 Å². The van der Waals surface area contributed by atoms with Crippen LogP contribution >= 0.6 is 0 Å². The number of halogens is 3. The molecule has 1 heterocycles. The zero-order chi connectivity index (χ0) is 16.3. The predicted molar refractivity (Wildman–Crippen MR) is 73.4 cm³/mol. The van der Waals surface area contributed by atoms with Crippen molar-refractivity contribution in [1.29, 1.82) is 0 Å². The summed E-state index contributed by atoms with van der Waals surface area (Å²) in [5.41, 5.74) is 0.365. The van der Waals surface area contributed by atoms with Gasteiger partial charge in [-0.05, 0) is 23.8 Å². The van der Waals surface area contributed by atoms with Crippen molar-refractivity contribution in [3.05, 3.63) is 41.2 Å². The van der Waals surface area contributed by atoms with Gasteiger partial charge in [0.15, 0.2) is 17.2 Å². The molecule has 0 aliphatic rings. The van der Waals surface area contributed by atoms with Crippen molar-refractivity contribution in [3.63, 3.8) is 0 Å². The molecule has 0 aliphatic carbocycles. The molecule has 0 aliphatic heterocycles. The van der Waals surface area contributed by atoms with Gasteiger partial charge < -0.3 is 15.2 Å². The van der Waals surface area contributed by atoms with E-state index < -0.39 is 11.9 Å². The Morgan fingerprint density at radius 2 is 2.00 bits per heavy atom. The second-order valence-electron chi connectivity index (χ2n) is 4.75. The highest BCUT2D eigenvalue weighted by molar-refractivity contribution is 5.41. The molecule has 1 aromatic heterocycles. The van der Waals surface area contributed by atoms with Crippen molar-refractivity contribution < 1.29 is 23.0 Å². The van der Waals surface area contributed by atoms with Crippen LogP contribution in [0.5, 0.6) is 11.5 Å². The van der Waals surface area contributed by atoms with E-state index in [0.29, 0.717) is 18.0 Å². The van der Waals surface area contributed by atoms with E-state index in [1.165, 1.54) is 24.9 Å². The molecular weight excluding hydrogens is 299 g/mol. The molecule has 0 radical (unpaired) electrons. The Balaban J connectivity index is 1.98. The molecule has 0 fully saturated rings. The molecule has 0 bridgehead atoms. The standard InChI is InChI=1S/C14H16F3N3O2/c1-20-10(6-13(19-20)14(15,16)17)8-18-7-9-3-4-11(21)12(5-9)22-2/h3-6,18,21H,7-8H2,1-2H3. The van der Waals surface area contributed by atoms with E-state index in [9.17, 15) is 18.3 Å². The second-order valence-corrected chi connectivity index (χ2v) is 4.75. The van der Waals surface area contributed by atoms with E-state index in [4.69, 9.17) is 4.74 Å². The van der Waals surface area contributed by atoms with E-state index >= 15 is 0 Å². The van der Waals surface area contributed by atoms with Gasteiger partial charge in [0, 0.05) is 20.1 Å². The largest absolute Gasteiger partial charge is 0.504 e. The Labute approximate surface area is 125 Å². The topological polar surface area (TPSA) is 59.3 Å². The summed E-state index contributed by atoms with van der Waals surface area (Å²) in [7, 11) is 2.91. The number of ether oxygens (including phenoxy) is 1. The lowest BCUT2D eigenvalue weighted by atomic mass is 10.2. The quantitative estimate of drug-likeness (QED) is 0.890. The third kappa shape index (κ3) is 3.70. The number of aromatic hydroxyl groups is 1. The minimum atomic E-state index is -4.44. The van der Waals surface area contributed by atoms with Crippen LogP contribution in [0.4, 0.5) is 13.2 Å². The summed E-state index contributed by atoms with van der Waals surface area (Å²) < 4.78 is 43.9. The van der Waals surface area contributed by atoms with E-state index in [0.717, 1.165) is 11.6 Å². The van der Waals surface area contributed by atoms with Gasteiger partial charge in [-0.3, -0.25) is 4.68 Å². The normalized spacial score (nSPS) is 11.7. The molecule has 2 rings (SSSR count). The summed E-state index contributed by atoms with van der Waals surface area (Å²) >= 11 is 0. The van der Waals surface area contributed by atoms with E-state index in [-0.39, 0.29) is 12.3 Å². The zero-order valence-corrected chi connectivity index (χ0v) is 12.1. The predicted octanol–water partition coefficient (Wildman–Crippen LogP) is 2.44. The lowest BCUT2D eigenvalue weighted by Crippen LogP contribution is -2.15. The maximum absolute atomic E-state index is 12.6. The van der Waals surface area contributed by atoms with Crippen LogP contribution in [0.25, 0.3) is 0 Å². The van der Waals surface area contributed by atoms with Crippen LogP contribution in [-0.4, -0.2) is 22.0 Å². The number of rotatable bonds is 5. The fraction of sp³-hybridized carbons (Fsp3) is 0.357. The fourth-order valence-electron chi connectivity index (χ4n) is 1.98. The average molecular weight is 315 g/mol. The van der Waals surface area contributed by atoms with Gasteiger partial charge in [0.2, 0.25) is 0 Å². The van der Waals surface area contributed by atoms with Gasteiger partial charge in [0.1, 0.15) is 0 Å². The summed E-state index contributed by atoms with van der Waals surface area (Å²) in [5, 5.41) is 16.0. The molecule has 0 saturated heterocycles. The maximum atomic E-state index is 12.6. The highest BCUT2D eigenvalue weighted by atomic mass is 19.4. The SMILES string of the molecule is COc1cc(CNCc2cc(C(F)(F)F)nn2C)ccc1O. The van der Waals surface area contributed by atoms with Gasteiger partial charge in [0.05, 0.1) is 12.8 Å². The summed E-state index contributed by atoms with van der Waals surface area (Å²) in [6.07, 6.45) is -4.44. The average Bonchev–Trinajstić information content (AvgIpc) is 2.82. The number of nitrogens with one attached hydrogen (secondary N) is 1. The van der Waals surface area contributed by atoms with Crippen molar-refractivity contribution in [1.82, 2.24) is 15.1 Å². The minimum absolute atomic E-state index is 0.0349. The van der Waals surface area contributed by atoms with Gasteiger partial charge in [-0.2, -0.15) is 18.3 Å². The zero-order valence-electron chi connectivity index (χ0n) is 12.1. The first-order valence-electron chi connectivity index (χ1n) is 6.48. The van der Waals surface area contributed by atoms with Crippen LogP contribution in [0, 0.1) is 0 Å². The van der Waals surface area contributed by atoms with Crippen molar-refractivity contribution >= 4 is 0 Å². The van der Waals surface area contributed by atoms with E-state index in [2.05, 4.69) is 10.4 Å². The van der Waals surface area contributed by atoms with Crippen LogP contribution in [0.1, 0.15) is 17.0 Å². The number of aromatic nitrogens is 2. The van der Waals surface area contributed by atoms with Crippen molar-refractivity contribution in [2.75, 3.05) is 7.11 Å². The first-order valence-corrected chi connectivity index (χ1v) is 6.48. The number of hydrogen-bond acceptors (Lipinski definition) is 4. The van der Waals surface area contributed by atoms with Crippen molar-refractivity contribution in [2.45, 2.75) is 19.3 Å². The van der Waals surface area contributed by atoms with Crippen LogP contribution in [0.3, 0.4) is 0 Å². The lowest BCUT2D eigenvalue weighted by Gasteiger charge is -2.08. The third-order valence-electron chi connectivity index (χ3n) is 3.15. The summed E-state index contributed by atoms with van der Waals surface area (Å²) in [5.74, 6) is 0.381. The minimum Gasteiger partial charge on any atom is -0.504 e. The number of phenols is 1. The fourth-order valence-corrected chi connectivity index (χ4v) is 1.98. The van der Waals surface area contributed by atoms with Gasteiger partial charge in [-0.1, -0.05) is 6.07 Å². The highest BCUT2D eigenvalue weighted by Gasteiger charge is 2.34. The van der Waals surface area contributed by atoms with Crippen molar-refractivity contribution in [2.24, 2.45) is 7.05 Å². The van der Waals surface area contributed by atoms with Gasteiger partial charge in [0.25, 0.3) is 0 Å². The lowest BCUT2D eigenvalue weighted by molar-refractivity contribution is -0.141. The molecule has 5 nitrogen and oxygen atoms in total. The first-order chi connectivity index (χ1) is 10.3. The van der Waals surface area contributed by atoms with Crippen molar-refractivity contribution in [3.8, 4) is 11.5 Å². The van der Waals surface area contributed by atoms with E-state index in [1.54, 1.807) is 12.1 Å². The number of methoxy groups -OCH3 is 1. The van der Waals surface area contributed by atoms with Crippen LogP contribution in [0.2, 0.25) is 0 Å². The molecule has 8 heteroatoms. The Morgan fingerprint density at radius 1 is 1.27 bits per heavy atom. The number of alkyl halides is 3. The molecule has 0 unspecified atom stereocenters. The molecular formula is C14H16F3N3O2. The summed E-state index contributed by atoms with van der Waals surface area (Å²) in [6.45, 7) is 0.659. The molecule has 2 N–H and O–H groups in total. The molecule has 0 atom stereocenters. The molecule has 2 aromatic rings. The monoisotopic (exact) mass is 315 g/mol. The molecule has 22 heavy (non-hydrogen) atoms. The molecule has 0 spiro atoms. The van der Waals surface area contributed by atoms with Gasteiger partial charge in [-0.25, -0.2) is 0 Å². The maximum Gasteiger partial charge on any atom is 0.435 e. The molecule has 120 valence electrons. The Bertz CT molecular complexity index is 653. The molecule has 0 amide bonds. The Morgan fingerprint density at radius 3 is 2.59 bits per heavy atom. The number of aryl methyl sites for hydroxylation is 1. The summed E-state index contributed by atoms with van der Waals surface area (Å²) in [4.78, 5) is 0. The highest BCUT2D eigenvalue weighted by Crippen LogP contribution is 2.28. The number of benzene rings is 1. The second kappa shape index (κ2) is 6.27. The van der Waals surface area contributed by atoms with Crippen LogP contribution < -0.4 is 10.1 Å². The third-order valence-corrected chi connectivity index (χ3v) is 3.15. The van der Waals surface area contributed by atoms with Crippen LogP contribution in [0.15, 0.2) is 24.3 Å². The van der Waals surface area contributed by atoms with Gasteiger partial charge in [-0.15, -0.1) is 0 Å². The Hall–Kier alpha value is -2.22. The summed E-state index contributed by atoms with van der Waals surface area (Å²) in [6, 6.07) is 5.88. The number of phenolic OH excluding ortho intramolecular Hbond substituents is 1. The number of nitrogens with zero attached hydrogens (tertiary/aromatic N) is 2. The molecule has 0 saturated carbocycles. The smallest absolute Gasteiger partial charge is 0.435 e. The first kappa shape index (κ1) is 16.2. The molecule has 1 aromatic carbocycles. The Kier molecular flexibility index (Phi) is 4.60. The van der Waals surface area contributed by atoms with Crippen LogP contribution in [-0.2, 0) is 26.3 Å². The van der Waals surface area contributed by atoms with E-state index in [1.807, 2.05) is 0 Å². The number of hydrogen-bond donors (Lipinski definition) is 2.